The Morgan fingerprint density at radius 3 is 2.85 bits per heavy atom. The van der Waals surface area contributed by atoms with Gasteiger partial charge in [-0.25, -0.2) is 0 Å². The van der Waals surface area contributed by atoms with Gasteiger partial charge in [-0.15, -0.1) is 0 Å². The Labute approximate surface area is 82.7 Å². The molecule has 3 unspecified atom stereocenters. The Hall–Kier alpha value is -0.520. The second-order valence-corrected chi connectivity index (χ2v) is 4.07. The molecule has 0 nitrogen and oxygen atoms in total. The fourth-order valence-electron chi connectivity index (χ4n) is 2.69. The van der Waals surface area contributed by atoms with Gasteiger partial charge in [0.05, 0.1) is 0 Å². The van der Waals surface area contributed by atoms with E-state index in [9.17, 15) is 0 Å². The number of fused-ring (bicyclic) bond motifs is 1. The minimum absolute atomic E-state index is 0. The molecule has 0 heterocycles. The molecule has 2 aliphatic rings. The van der Waals surface area contributed by atoms with E-state index in [0.29, 0.717) is 0 Å². The van der Waals surface area contributed by atoms with Crippen LogP contribution in [0.1, 0.15) is 40.0 Å². The molecule has 74 valence electrons. The van der Waals surface area contributed by atoms with Gasteiger partial charge in [-0.1, -0.05) is 38.7 Å². The van der Waals surface area contributed by atoms with Crippen molar-refractivity contribution < 1.29 is 0 Å². The van der Waals surface area contributed by atoms with Crippen LogP contribution >= 0.6 is 0 Å². The van der Waals surface area contributed by atoms with E-state index in [2.05, 4.69) is 31.2 Å². The summed E-state index contributed by atoms with van der Waals surface area (Å²) in [4.78, 5) is 0. The minimum Gasteiger partial charge on any atom is -0.0882 e. The van der Waals surface area contributed by atoms with Crippen LogP contribution in [0.3, 0.4) is 0 Å². The van der Waals surface area contributed by atoms with E-state index in [1.165, 1.54) is 25.7 Å². The Morgan fingerprint density at radius 2 is 2.08 bits per heavy atom. The lowest BCUT2D eigenvalue weighted by Crippen LogP contribution is -2.25. The molecule has 0 N–H and O–H groups in total. The predicted molar refractivity (Wildman–Crippen MR) is 59.6 cm³/mol. The number of hydrogen-bond donors (Lipinski definition) is 0. The van der Waals surface area contributed by atoms with Crippen LogP contribution in [-0.4, -0.2) is 0 Å². The molecule has 0 aliphatic heterocycles. The fraction of sp³-hybridized carbons (Fsp3) is 0.692. The van der Waals surface area contributed by atoms with Gasteiger partial charge >= 0.3 is 0 Å². The smallest absolute Gasteiger partial charge is 0.0165 e. The van der Waals surface area contributed by atoms with Gasteiger partial charge in [0.1, 0.15) is 0 Å². The summed E-state index contributed by atoms with van der Waals surface area (Å²) in [5, 5.41) is 0. The van der Waals surface area contributed by atoms with Gasteiger partial charge in [-0.05, 0) is 43.4 Å². The van der Waals surface area contributed by atoms with E-state index in [1.807, 2.05) is 0 Å². The van der Waals surface area contributed by atoms with E-state index in [1.54, 1.807) is 0 Å². The molecule has 2 rings (SSSR count). The largest absolute Gasteiger partial charge is 0.0882 e. The van der Waals surface area contributed by atoms with Gasteiger partial charge in [0.2, 0.25) is 0 Å². The SMILES string of the molecule is C.CCC1C=CCC2C=CCCC12. The summed E-state index contributed by atoms with van der Waals surface area (Å²) >= 11 is 0. The standard InChI is InChI=1S/C12H18.CH4/c1-2-10-7-5-8-11-6-3-4-9-12(10)11;/h3,5-7,10-12H,2,4,8-9H2,1H3;1H4. The third kappa shape index (κ3) is 2.04. The van der Waals surface area contributed by atoms with E-state index in [0.717, 1.165) is 17.8 Å². The molecule has 0 radical (unpaired) electrons. The molecule has 0 aromatic rings. The van der Waals surface area contributed by atoms with Crippen LogP contribution in [0.5, 0.6) is 0 Å². The van der Waals surface area contributed by atoms with Gasteiger partial charge in [-0.3, -0.25) is 0 Å². The van der Waals surface area contributed by atoms with Crippen LogP contribution in [0.15, 0.2) is 24.3 Å². The third-order valence-corrected chi connectivity index (χ3v) is 3.41. The monoisotopic (exact) mass is 178 g/mol. The maximum Gasteiger partial charge on any atom is -0.0165 e. The molecule has 13 heavy (non-hydrogen) atoms. The van der Waals surface area contributed by atoms with Gasteiger partial charge in [-0.2, -0.15) is 0 Å². The topological polar surface area (TPSA) is 0 Å². The molecule has 0 spiro atoms. The highest BCUT2D eigenvalue weighted by Crippen LogP contribution is 2.38. The van der Waals surface area contributed by atoms with E-state index >= 15 is 0 Å². The molecule has 0 heteroatoms. The van der Waals surface area contributed by atoms with Crippen LogP contribution in [0.2, 0.25) is 0 Å². The third-order valence-electron chi connectivity index (χ3n) is 3.41. The zero-order valence-electron chi connectivity index (χ0n) is 7.87. The summed E-state index contributed by atoms with van der Waals surface area (Å²) in [6.07, 6.45) is 15.0. The lowest BCUT2D eigenvalue weighted by Gasteiger charge is -2.35. The Kier molecular flexibility index (Phi) is 3.77. The highest BCUT2D eigenvalue weighted by atomic mass is 14.3. The number of hydrogen-bond acceptors (Lipinski definition) is 0. The first-order chi connectivity index (χ1) is 5.92. The quantitative estimate of drug-likeness (QED) is 0.528. The first-order valence-electron chi connectivity index (χ1n) is 5.25. The first-order valence-corrected chi connectivity index (χ1v) is 5.25. The molecule has 0 aromatic carbocycles. The average Bonchev–Trinajstić information content (AvgIpc) is 2.17. The Balaban J connectivity index is 0.000000845. The zero-order chi connectivity index (χ0) is 8.39. The lowest BCUT2D eigenvalue weighted by atomic mass is 9.70. The molecule has 3 atom stereocenters. The van der Waals surface area contributed by atoms with Crippen molar-refractivity contribution in [2.45, 2.75) is 40.0 Å². The molecular formula is C13H22. The molecular weight excluding hydrogens is 156 g/mol. The molecule has 0 saturated carbocycles. The second kappa shape index (κ2) is 4.64. The Bertz CT molecular complexity index is 200. The highest BCUT2D eigenvalue weighted by molar-refractivity contribution is 5.08. The first kappa shape index (κ1) is 10.6. The summed E-state index contributed by atoms with van der Waals surface area (Å²) < 4.78 is 0. The highest BCUT2D eigenvalue weighted by Gasteiger charge is 2.28. The van der Waals surface area contributed by atoms with Crippen molar-refractivity contribution in [3.05, 3.63) is 24.3 Å². The van der Waals surface area contributed by atoms with Crippen molar-refractivity contribution in [1.82, 2.24) is 0 Å². The minimum atomic E-state index is 0. The van der Waals surface area contributed by atoms with Crippen LogP contribution in [0.25, 0.3) is 0 Å². The maximum atomic E-state index is 2.44. The lowest BCUT2D eigenvalue weighted by molar-refractivity contribution is 0.257. The maximum absolute atomic E-state index is 2.44. The molecule has 0 amide bonds. The summed E-state index contributed by atoms with van der Waals surface area (Å²) in [5.41, 5.74) is 0. The van der Waals surface area contributed by atoms with Gasteiger partial charge in [0.25, 0.3) is 0 Å². The van der Waals surface area contributed by atoms with Crippen LogP contribution in [-0.2, 0) is 0 Å². The summed E-state index contributed by atoms with van der Waals surface area (Å²) in [7, 11) is 0. The van der Waals surface area contributed by atoms with Crippen molar-refractivity contribution in [2.75, 3.05) is 0 Å². The molecule has 0 fully saturated rings. The van der Waals surface area contributed by atoms with Gasteiger partial charge < -0.3 is 0 Å². The Morgan fingerprint density at radius 1 is 1.23 bits per heavy atom. The van der Waals surface area contributed by atoms with Gasteiger partial charge in [0.15, 0.2) is 0 Å². The average molecular weight is 178 g/mol. The van der Waals surface area contributed by atoms with Crippen molar-refractivity contribution >= 4 is 0 Å². The fourth-order valence-corrected chi connectivity index (χ4v) is 2.69. The molecule has 2 aliphatic carbocycles. The van der Waals surface area contributed by atoms with Crippen LogP contribution in [0.4, 0.5) is 0 Å². The van der Waals surface area contributed by atoms with E-state index in [4.69, 9.17) is 0 Å². The van der Waals surface area contributed by atoms with Crippen molar-refractivity contribution in [2.24, 2.45) is 17.8 Å². The molecule has 0 saturated heterocycles. The van der Waals surface area contributed by atoms with E-state index in [-0.39, 0.29) is 7.43 Å². The summed E-state index contributed by atoms with van der Waals surface area (Å²) in [6, 6.07) is 0. The zero-order valence-corrected chi connectivity index (χ0v) is 7.87. The van der Waals surface area contributed by atoms with Crippen LogP contribution < -0.4 is 0 Å². The normalized spacial score (nSPS) is 36.5. The van der Waals surface area contributed by atoms with Crippen molar-refractivity contribution in [3.63, 3.8) is 0 Å². The molecule has 0 bridgehead atoms. The van der Waals surface area contributed by atoms with Gasteiger partial charge in [0, 0.05) is 0 Å². The summed E-state index contributed by atoms with van der Waals surface area (Å²) in [6.45, 7) is 2.32. The second-order valence-electron chi connectivity index (χ2n) is 4.07. The van der Waals surface area contributed by atoms with E-state index < -0.39 is 0 Å². The predicted octanol–water partition coefficient (Wildman–Crippen LogP) is 4.19. The summed E-state index contributed by atoms with van der Waals surface area (Å²) in [5.74, 6) is 2.70. The number of allylic oxidation sites excluding steroid dienone is 4. The number of rotatable bonds is 1. The molecule has 0 aromatic heterocycles. The van der Waals surface area contributed by atoms with Crippen molar-refractivity contribution in [3.8, 4) is 0 Å². The van der Waals surface area contributed by atoms with Crippen LogP contribution in [0, 0.1) is 17.8 Å². The van der Waals surface area contributed by atoms with Crippen molar-refractivity contribution in [1.29, 1.82) is 0 Å².